The van der Waals surface area contributed by atoms with E-state index in [1.54, 1.807) is 0 Å². The average molecular weight is 323 g/mol. The predicted octanol–water partition coefficient (Wildman–Crippen LogP) is 2.68. The Bertz CT molecular complexity index is 577. The number of alkyl halides is 3. The molecule has 8 heteroatoms. The zero-order valence-electron chi connectivity index (χ0n) is 11.0. The molecule has 0 bridgehead atoms. The van der Waals surface area contributed by atoms with Crippen LogP contribution >= 0.6 is 11.6 Å². The lowest BCUT2D eigenvalue weighted by Crippen LogP contribution is -2.44. The van der Waals surface area contributed by atoms with Gasteiger partial charge in [0.05, 0.1) is 17.8 Å². The maximum atomic E-state index is 12.7. The predicted molar refractivity (Wildman–Crippen MR) is 69.0 cm³/mol. The summed E-state index contributed by atoms with van der Waals surface area (Å²) in [5.41, 5.74) is 5.49. The SMILES string of the molecule is NC1(C2CC2)CCOc2c1cc(C(O)C(F)(F)F)nc2Cl. The smallest absolute Gasteiger partial charge is 0.420 e. The van der Waals surface area contributed by atoms with Crippen molar-refractivity contribution in [1.82, 2.24) is 4.98 Å². The van der Waals surface area contributed by atoms with E-state index in [1.807, 2.05) is 0 Å². The van der Waals surface area contributed by atoms with Crippen molar-refractivity contribution in [3.8, 4) is 5.75 Å². The second kappa shape index (κ2) is 4.72. The number of fused-ring (bicyclic) bond motifs is 1. The van der Waals surface area contributed by atoms with Gasteiger partial charge in [0.25, 0.3) is 0 Å². The van der Waals surface area contributed by atoms with Crippen LogP contribution in [-0.4, -0.2) is 22.9 Å². The Hall–Kier alpha value is -1.05. The third kappa shape index (κ3) is 2.47. The van der Waals surface area contributed by atoms with Crippen LogP contribution in [0.4, 0.5) is 13.2 Å². The molecule has 1 fully saturated rings. The number of aromatic nitrogens is 1. The number of aliphatic hydroxyl groups is 1. The molecule has 2 heterocycles. The number of nitrogens with two attached hydrogens (primary N) is 1. The van der Waals surface area contributed by atoms with Gasteiger partial charge in [-0.15, -0.1) is 0 Å². The molecule has 3 N–H and O–H groups in total. The van der Waals surface area contributed by atoms with E-state index in [4.69, 9.17) is 22.1 Å². The molecule has 116 valence electrons. The summed E-state index contributed by atoms with van der Waals surface area (Å²) in [6.45, 7) is 0.350. The largest absolute Gasteiger partial charge is 0.490 e. The molecule has 1 aliphatic carbocycles. The van der Waals surface area contributed by atoms with Gasteiger partial charge in [-0.3, -0.25) is 0 Å². The van der Waals surface area contributed by atoms with Crippen LogP contribution in [0.1, 0.15) is 36.6 Å². The highest BCUT2D eigenvalue weighted by molar-refractivity contribution is 6.31. The van der Waals surface area contributed by atoms with Crippen molar-refractivity contribution in [2.45, 2.75) is 37.1 Å². The molecule has 0 spiro atoms. The Morgan fingerprint density at radius 2 is 2.14 bits per heavy atom. The number of ether oxygens (including phenoxy) is 1. The number of pyridine rings is 1. The summed E-state index contributed by atoms with van der Waals surface area (Å²) in [7, 11) is 0. The molecule has 1 saturated carbocycles. The molecule has 2 aliphatic rings. The number of hydrogen-bond acceptors (Lipinski definition) is 4. The molecule has 0 aromatic carbocycles. The molecule has 1 aliphatic heterocycles. The fourth-order valence-corrected chi connectivity index (χ4v) is 3.04. The van der Waals surface area contributed by atoms with E-state index >= 15 is 0 Å². The quantitative estimate of drug-likeness (QED) is 0.821. The first-order valence-electron chi connectivity index (χ1n) is 6.61. The zero-order valence-corrected chi connectivity index (χ0v) is 11.7. The van der Waals surface area contributed by atoms with Gasteiger partial charge in [-0.25, -0.2) is 4.98 Å². The fraction of sp³-hybridized carbons (Fsp3) is 0.615. The average Bonchev–Trinajstić information content (AvgIpc) is 3.22. The highest BCUT2D eigenvalue weighted by Crippen LogP contribution is 2.52. The first kappa shape index (κ1) is 14.9. The van der Waals surface area contributed by atoms with Crippen molar-refractivity contribution in [2.24, 2.45) is 11.7 Å². The third-order valence-corrected chi connectivity index (χ3v) is 4.37. The highest BCUT2D eigenvalue weighted by atomic mass is 35.5. The van der Waals surface area contributed by atoms with E-state index in [2.05, 4.69) is 4.98 Å². The van der Waals surface area contributed by atoms with E-state index in [1.165, 1.54) is 6.07 Å². The monoisotopic (exact) mass is 322 g/mol. The summed E-state index contributed by atoms with van der Waals surface area (Å²) in [5, 5.41) is 9.19. The lowest BCUT2D eigenvalue weighted by atomic mass is 9.81. The van der Waals surface area contributed by atoms with Gasteiger partial charge in [0, 0.05) is 12.0 Å². The number of rotatable bonds is 2. The molecule has 1 aromatic rings. The second-order valence-electron chi connectivity index (χ2n) is 5.57. The molecule has 3 rings (SSSR count). The Morgan fingerprint density at radius 3 is 2.71 bits per heavy atom. The minimum Gasteiger partial charge on any atom is -0.490 e. The Morgan fingerprint density at radius 1 is 1.48 bits per heavy atom. The Balaban J connectivity index is 2.10. The maximum absolute atomic E-state index is 12.7. The van der Waals surface area contributed by atoms with Crippen molar-refractivity contribution in [1.29, 1.82) is 0 Å². The molecule has 4 nitrogen and oxygen atoms in total. The van der Waals surface area contributed by atoms with E-state index in [0.29, 0.717) is 18.6 Å². The Kier molecular flexibility index (Phi) is 3.35. The van der Waals surface area contributed by atoms with Gasteiger partial charge < -0.3 is 15.6 Å². The lowest BCUT2D eigenvalue weighted by Gasteiger charge is -2.36. The van der Waals surface area contributed by atoms with Crippen molar-refractivity contribution in [3.63, 3.8) is 0 Å². The van der Waals surface area contributed by atoms with Crippen molar-refractivity contribution in [3.05, 3.63) is 22.5 Å². The summed E-state index contributed by atoms with van der Waals surface area (Å²) >= 11 is 5.92. The molecule has 21 heavy (non-hydrogen) atoms. The van der Waals surface area contributed by atoms with Crippen LogP contribution in [0.15, 0.2) is 6.07 Å². The number of hydrogen-bond donors (Lipinski definition) is 2. The normalized spacial score (nSPS) is 27.0. The van der Waals surface area contributed by atoms with Crippen molar-refractivity contribution < 1.29 is 23.0 Å². The van der Waals surface area contributed by atoms with Crippen LogP contribution in [0.25, 0.3) is 0 Å². The fourth-order valence-electron chi connectivity index (χ4n) is 2.79. The minimum atomic E-state index is -4.81. The third-order valence-electron chi connectivity index (χ3n) is 4.11. The van der Waals surface area contributed by atoms with Gasteiger partial charge in [-0.05, 0) is 24.8 Å². The summed E-state index contributed by atoms with van der Waals surface area (Å²) in [6, 6.07) is 1.18. The van der Waals surface area contributed by atoms with Crippen LogP contribution < -0.4 is 10.5 Å². The minimum absolute atomic E-state index is 0.194. The van der Waals surface area contributed by atoms with Gasteiger partial charge in [-0.2, -0.15) is 13.2 Å². The number of nitrogens with zero attached hydrogens (tertiary/aromatic N) is 1. The first-order valence-corrected chi connectivity index (χ1v) is 6.98. The lowest BCUT2D eigenvalue weighted by molar-refractivity contribution is -0.208. The van der Waals surface area contributed by atoms with E-state index in [-0.39, 0.29) is 16.8 Å². The maximum Gasteiger partial charge on any atom is 0.420 e. The molecule has 2 atom stereocenters. The molecule has 1 aromatic heterocycles. The summed E-state index contributed by atoms with van der Waals surface area (Å²) in [6.07, 6.45) is -5.14. The van der Waals surface area contributed by atoms with E-state index in [0.717, 1.165) is 12.8 Å². The second-order valence-corrected chi connectivity index (χ2v) is 5.93. The standard InChI is InChI=1S/C13H14ClF3N2O2/c14-11-9-7(5-8(19-11)10(20)13(15,16)17)12(18,3-4-21-9)6-1-2-6/h5-6,10,20H,1-4,18H2. The zero-order chi connectivity index (χ0) is 15.4. The van der Waals surface area contributed by atoms with E-state index < -0.39 is 23.5 Å². The van der Waals surface area contributed by atoms with Crippen molar-refractivity contribution in [2.75, 3.05) is 6.61 Å². The summed E-state index contributed by atoms with van der Waals surface area (Å²) in [5.74, 6) is 0.435. The van der Waals surface area contributed by atoms with Crippen LogP contribution in [0.3, 0.4) is 0 Å². The molecule has 0 amide bonds. The van der Waals surface area contributed by atoms with Gasteiger partial charge >= 0.3 is 6.18 Å². The van der Waals surface area contributed by atoms with Crippen LogP contribution in [0, 0.1) is 5.92 Å². The van der Waals surface area contributed by atoms with Gasteiger partial charge in [0.2, 0.25) is 0 Å². The van der Waals surface area contributed by atoms with Gasteiger partial charge in [0.15, 0.2) is 17.0 Å². The summed E-state index contributed by atoms with van der Waals surface area (Å²) < 4.78 is 43.4. The molecular weight excluding hydrogens is 309 g/mol. The first-order chi connectivity index (χ1) is 9.73. The van der Waals surface area contributed by atoms with E-state index in [9.17, 15) is 18.3 Å². The summed E-state index contributed by atoms with van der Waals surface area (Å²) in [4.78, 5) is 3.61. The van der Waals surface area contributed by atoms with Crippen LogP contribution in [-0.2, 0) is 5.54 Å². The van der Waals surface area contributed by atoms with Crippen molar-refractivity contribution >= 4 is 11.6 Å². The molecular formula is C13H14ClF3N2O2. The number of halogens is 4. The molecule has 0 radical (unpaired) electrons. The van der Waals surface area contributed by atoms with Gasteiger partial charge in [-0.1, -0.05) is 11.6 Å². The molecule has 0 saturated heterocycles. The Labute approximate surface area is 124 Å². The van der Waals surface area contributed by atoms with Crippen LogP contribution in [0.2, 0.25) is 5.15 Å². The van der Waals surface area contributed by atoms with Crippen LogP contribution in [0.5, 0.6) is 5.75 Å². The van der Waals surface area contributed by atoms with Gasteiger partial charge in [0.1, 0.15) is 0 Å². The topological polar surface area (TPSA) is 68.4 Å². The molecule has 2 unspecified atom stereocenters. The highest BCUT2D eigenvalue weighted by Gasteiger charge is 2.48. The number of aliphatic hydroxyl groups excluding tert-OH is 1.